The molecule has 0 aliphatic heterocycles. The van der Waals surface area contributed by atoms with Crippen molar-refractivity contribution < 1.29 is 14.7 Å². The number of carbonyl (C=O) groups is 2. The van der Waals surface area contributed by atoms with Crippen LogP contribution in [0.1, 0.15) is 45.4 Å². The molecule has 2 aliphatic rings. The smallest absolute Gasteiger partial charge is 0.317 e. The standard InChI is InChI=1S/C14H24N2O3/c1-10-4-2-3-5-12(10)15-13(17)8-16(9-14(18)19)11-6-7-11/h10-12H,2-9H2,1H3,(H,15,17)(H,18,19). The highest BCUT2D eigenvalue weighted by molar-refractivity contribution is 5.79. The van der Waals surface area contributed by atoms with E-state index in [1.165, 1.54) is 19.3 Å². The van der Waals surface area contributed by atoms with Gasteiger partial charge in [-0.3, -0.25) is 14.5 Å². The first-order valence-electron chi connectivity index (χ1n) is 7.31. The van der Waals surface area contributed by atoms with Crippen LogP contribution in [0.15, 0.2) is 0 Å². The van der Waals surface area contributed by atoms with Crippen molar-refractivity contribution in [3.05, 3.63) is 0 Å². The van der Waals surface area contributed by atoms with Crippen LogP contribution in [-0.4, -0.2) is 47.1 Å². The highest BCUT2D eigenvalue weighted by atomic mass is 16.4. The number of amides is 1. The van der Waals surface area contributed by atoms with Gasteiger partial charge in [0.15, 0.2) is 0 Å². The van der Waals surface area contributed by atoms with Crippen LogP contribution < -0.4 is 5.32 Å². The second-order valence-electron chi connectivity index (χ2n) is 5.97. The van der Waals surface area contributed by atoms with Crippen LogP contribution in [0.25, 0.3) is 0 Å². The van der Waals surface area contributed by atoms with Crippen LogP contribution in [0.4, 0.5) is 0 Å². The first kappa shape index (κ1) is 14.3. The van der Waals surface area contributed by atoms with Crippen molar-refractivity contribution in [2.75, 3.05) is 13.1 Å². The Balaban J connectivity index is 1.79. The molecule has 19 heavy (non-hydrogen) atoms. The van der Waals surface area contributed by atoms with Crippen molar-refractivity contribution in [2.24, 2.45) is 5.92 Å². The van der Waals surface area contributed by atoms with Gasteiger partial charge in [0.1, 0.15) is 0 Å². The first-order valence-corrected chi connectivity index (χ1v) is 7.31. The zero-order valence-electron chi connectivity index (χ0n) is 11.6. The first-order chi connectivity index (χ1) is 9.06. The summed E-state index contributed by atoms with van der Waals surface area (Å²) in [6.45, 7) is 2.37. The molecule has 2 atom stereocenters. The molecule has 0 aromatic rings. The van der Waals surface area contributed by atoms with Crippen molar-refractivity contribution in [3.8, 4) is 0 Å². The minimum atomic E-state index is -0.856. The van der Waals surface area contributed by atoms with E-state index in [2.05, 4.69) is 12.2 Å². The average Bonchev–Trinajstić information content (AvgIpc) is 3.14. The summed E-state index contributed by atoms with van der Waals surface area (Å²) in [7, 11) is 0. The van der Waals surface area contributed by atoms with Crippen molar-refractivity contribution in [2.45, 2.75) is 57.5 Å². The molecule has 0 aromatic heterocycles. The van der Waals surface area contributed by atoms with Crippen LogP contribution in [0.2, 0.25) is 0 Å². The number of carbonyl (C=O) groups excluding carboxylic acids is 1. The van der Waals surface area contributed by atoms with E-state index < -0.39 is 5.97 Å². The Morgan fingerprint density at radius 2 is 1.84 bits per heavy atom. The lowest BCUT2D eigenvalue weighted by atomic mass is 9.86. The Hall–Kier alpha value is -1.10. The summed E-state index contributed by atoms with van der Waals surface area (Å²) >= 11 is 0. The molecule has 0 spiro atoms. The van der Waals surface area contributed by atoms with E-state index in [4.69, 9.17) is 5.11 Å². The maximum Gasteiger partial charge on any atom is 0.317 e. The third kappa shape index (κ3) is 4.49. The Morgan fingerprint density at radius 1 is 1.16 bits per heavy atom. The predicted octanol–water partition coefficient (Wildman–Crippen LogP) is 1.23. The van der Waals surface area contributed by atoms with E-state index in [0.717, 1.165) is 19.3 Å². The molecule has 2 saturated carbocycles. The maximum atomic E-state index is 12.0. The quantitative estimate of drug-likeness (QED) is 0.760. The molecule has 0 aromatic carbocycles. The molecular formula is C14H24N2O3. The van der Waals surface area contributed by atoms with Gasteiger partial charge in [0.2, 0.25) is 5.91 Å². The predicted molar refractivity (Wildman–Crippen MR) is 71.8 cm³/mol. The lowest BCUT2D eigenvalue weighted by Crippen LogP contribution is -2.47. The van der Waals surface area contributed by atoms with Gasteiger partial charge < -0.3 is 10.4 Å². The zero-order valence-corrected chi connectivity index (χ0v) is 11.6. The average molecular weight is 268 g/mol. The molecule has 0 bridgehead atoms. The van der Waals surface area contributed by atoms with Gasteiger partial charge >= 0.3 is 5.97 Å². The fourth-order valence-corrected chi connectivity index (χ4v) is 2.90. The molecule has 2 aliphatic carbocycles. The number of aliphatic carboxylic acids is 1. The molecule has 0 saturated heterocycles. The zero-order chi connectivity index (χ0) is 13.8. The largest absolute Gasteiger partial charge is 0.480 e. The molecule has 0 radical (unpaired) electrons. The second-order valence-corrected chi connectivity index (χ2v) is 5.97. The van der Waals surface area contributed by atoms with Crippen molar-refractivity contribution >= 4 is 11.9 Å². The molecule has 2 unspecified atom stereocenters. The van der Waals surface area contributed by atoms with Crippen LogP contribution in [-0.2, 0) is 9.59 Å². The topological polar surface area (TPSA) is 69.6 Å². The fraction of sp³-hybridized carbons (Fsp3) is 0.857. The molecule has 2 rings (SSSR count). The maximum absolute atomic E-state index is 12.0. The molecule has 1 amide bonds. The summed E-state index contributed by atoms with van der Waals surface area (Å²) in [4.78, 5) is 24.6. The third-order valence-corrected chi connectivity index (χ3v) is 4.21. The van der Waals surface area contributed by atoms with Gasteiger partial charge in [0.25, 0.3) is 0 Å². The summed E-state index contributed by atoms with van der Waals surface area (Å²) in [5.41, 5.74) is 0. The van der Waals surface area contributed by atoms with Crippen molar-refractivity contribution in [1.29, 1.82) is 0 Å². The lowest BCUT2D eigenvalue weighted by Gasteiger charge is -2.30. The molecule has 5 nitrogen and oxygen atoms in total. The minimum Gasteiger partial charge on any atom is -0.480 e. The summed E-state index contributed by atoms with van der Waals surface area (Å²) in [6, 6.07) is 0.567. The van der Waals surface area contributed by atoms with Gasteiger partial charge in [-0.05, 0) is 31.6 Å². The van der Waals surface area contributed by atoms with E-state index in [-0.39, 0.29) is 25.0 Å². The van der Waals surface area contributed by atoms with Gasteiger partial charge in [0.05, 0.1) is 13.1 Å². The van der Waals surface area contributed by atoms with E-state index in [0.29, 0.717) is 12.0 Å². The Labute approximate surface area is 114 Å². The molecular weight excluding hydrogens is 244 g/mol. The number of carboxylic acids is 1. The summed E-state index contributed by atoms with van der Waals surface area (Å²) in [6.07, 6.45) is 6.68. The normalized spacial score (nSPS) is 27.3. The van der Waals surface area contributed by atoms with E-state index in [1.807, 2.05) is 0 Å². The van der Waals surface area contributed by atoms with Gasteiger partial charge in [-0.1, -0.05) is 19.8 Å². The van der Waals surface area contributed by atoms with Crippen molar-refractivity contribution in [3.63, 3.8) is 0 Å². The number of nitrogens with one attached hydrogen (secondary N) is 1. The number of hydrogen-bond acceptors (Lipinski definition) is 3. The summed E-state index contributed by atoms with van der Waals surface area (Å²) in [5.74, 6) is -0.343. The molecule has 2 fully saturated rings. The fourth-order valence-electron chi connectivity index (χ4n) is 2.90. The molecule has 2 N–H and O–H groups in total. The van der Waals surface area contributed by atoms with Crippen LogP contribution in [0.3, 0.4) is 0 Å². The van der Waals surface area contributed by atoms with Crippen molar-refractivity contribution in [1.82, 2.24) is 10.2 Å². The molecule has 108 valence electrons. The number of rotatable bonds is 6. The lowest BCUT2D eigenvalue weighted by molar-refractivity contribution is -0.139. The summed E-state index contributed by atoms with van der Waals surface area (Å²) in [5, 5.41) is 11.9. The SMILES string of the molecule is CC1CCCCC1NC(=O)CN(CC(=O)O)C1CC1. The van der Waals surface area contributed by atoms with E-state index in [9.17, 15) is 9.59 Å². The Kier molecular flexibility index (Phi) is 4.80. The summed E-state index contributed by atoms with van der Waals surface area (Å²) < 4.78 is 0. The Bertz CT molecular complexity index is 342. The van der Waals surface area contributed by atoms with Crippen LogP contribution in [0, 0.1) is 5.92 Å². The van der Waals surface area contributed by atoms with Crippen LogP contribution >= 0.6 is 0 Å². The van der Waals surface area contributed by atoms with Gasteiger partial charge in [0, 0.05) is 12.1 Å². The minimum absolute atomic E-state index is 0.0214. The molecule has 5 heteroatoms. The highest BCUT2D eigenvalue weighted by Crippen LogP contribution is 2.27. The number of nitrogens with zero attached hydrogens (tertiary/aromatic N) is 1. The molecule has 0 heterocycles. The number of hydrogen-bond donors (Lipinski definition) is 2. The number of carboxylic acid groups (broad SMARTS) is 1. The van der Waals surface area contributed by atoms with E-state index >= 15 is 0 Å². The Morgan fingerprint density at radius 3 is 2.42 bits per heavy atom. The van der Waals surface area contributed by atoms with Crippen LogP contribution in [0.5, 0.6) is 0 Å². The second kappa shape index (κ2) is 6.37. The third-order valence-electron chi connectivity index (χ3n) is 4.21. The van der Waals surface area contributed by atoms with E-state index in [1.54, 1.807) is 4.90 Å². The van der Waals surface area contributed by atoms with Gasteiger partial charge in [-0.2, -0.15) is 0 Å². The van der Waals surface area contributed by atoms with Gasteiger partial charge in [-0.15, -0.1) is 0 Å². The highest BCUT2D eigenvalue weighted by Gasteiger charge is 2.32. The van der Waals surface area contributed by atoms with Gasteiger partial charge in [-0.25, -0.2) is 0 Å². The monoisotopic (exact) mass is 268 g/mol.